The molecule has 0 aliphatic heterocycles. The Morgan fingerprint density at radius 3 is 2.33 bits per heavy atom. The number of halogens is 1. The minimum absolute atomic E-state index is 0.258. The first-order valence-electron chi connectivity index (χ1n) is 10.8. The molecular formula is C26H23FN4O5. The Morgan fingerprint density at radius 1 is 0.944 bits per heavy atom. The van der Waals surface area contributed by atoms with E-state index in [-0.39, 0.29) is 17.4 Å². The molecule has 0 aliphatic rings. The number of urea groups is 1. The average Bonchev–Trinajstić information content (AvgIpc) is 2.89. The van der Waals surface area contributed by atoms with Gasteiger partial charge in [-0.1, -0.05) is 0 Å². The lowest BCUT2D eigenvalue weighted by Crippen LogP contribution is -2.31. The van der Waals surface area contributed by atoms with Gasteiger partial charge in [-0.05, 0) is 60.7 Å². The molecule has 0 fully saturated rings. The van der Waals surface area contributed by atoms with Crippen molar-refractivity contribution in [2.45, 2.75) is 0 Å². The lowest BCUT2D eigenvalue weighted by atomic mass is 10.1. The summed E-state index contributed by atoms with van der Waals surface area (Å²) in [7, 11) is 4.42. The monoisotopic (exact) mass is 490 g/mol. The van der Waals surface area contributed by atoms with Gasteiger partial charge < -0.3 is 14.8 Å². The van der Waals surface area contributed by atoms with Crippen LogP contribution in [0.4, 0.5) is 20.6 Å². The van der Waals surface area contributed by atoms with Gasteiger partial charge in [-0.15, -0.1) is 0 Å². The minimum Gasteiger partial charge on any atom is -0.496 e. The summed E-state index contributed by atoms with van der Waals surface area (Å²) in [4.78, 5) is 35.4. The highest BCUT2D eigenvalue weighted by Crippen LogP contribution is 2.33. The van der Waals surface area contributed by atoms with Crippen molar-refractivity contribution in [3.05, 3.63) is 84.3 Å². The predicted octanol–water partition coefficient (Wildman–Crippen LogP) is 5.13. The SMILES string of the molecule is CONC(=O)c1cc2c(Oc3ccc(N(C)C(=O)Nc4ccc(F)cc4)cc3)ccnc2cc1OC. The minimum atomic E-state index is -0.475. The quantitative estimate of drug-likeness (QED) is 0.348. The van der Waals surface area contributed by atoms with Gasteiger partial charge >= 0.3 is 6.03 Å². The summed E-state index contributed by atoms with van der Waals surface area (Å²) in [6, 6.07) is 16.9. The molecule has 0 atom stereocenters. The maximum Gasteiger partial charge on any atom is 0.326 e. The van der Waals surface area contributed by atoms with Crippen LogP contribution in [-0.4, -0.2) is 38.2 Å². The zero-order valence-electron chi connectivity index (χ0n) is 19.7. The van der Waals surface area contributed by atoms with Gasteiger partial charge in [-0.25, -0.2) is 14.7 Å². The number of ether oxygens (including phenoxy) is 2. The van der Waals surface area contributed by atoms with E-state index in [4.69, 9.17) is 14.3 Å². The van der Waals surface area contributed by atoms with Crippen molar-refractivity contribution in [3.63, 3.8) is 0 Å². The number of nitrogens with zero attached hydrogens (tertiary/aromatic N) is 2. The number of hydroxylamine groups is 1. The fraction of sp³-hybridized carbons (Fsp3) is 0.115. The second kappa shape index (κ2) is 10.7. The molecule has 9 nitrogen and oxygen atoms in total. The maximum atomic E-state index is 13.1. The van der Waals surface area contributed by atoms with Crippen LogP contribution in [0.1, 0.15) is 10.4 Å². The molecule has 184 valence electrons. The molecule has 0 spiro atoms. The standard InChI is InChI=1S/C26H23FN4O5/c1-31(26(33)29-17-6-4-16(27)5-7-17)18-8-10-19(11-9-18)36-23-12-13-28-22-15-24(34-2)21(14-20(22)23)25(32)30-35-3/h4-15H,1-3H3,(H,29,33)(H,30,32). The number of hydrogen-bond acceptors (Lipinski definition) is 6. The van der Waals surface area contributed by atoms with Gasteiger partial charge in [0, 0.05) is 36.1 Å². The van der Waals surface area contributed by atoms with Gasteiger partial charge in [0.2, 0.25) is 0 Å². The molecule has 0 unspecified atom stereocenters. The topological polar surface area (TPSA) is 102 Å². The number of anilines is 2. The van der Waals surface area contributed by atoms with Gasteiger partial charge in [0.15, 0.2) is 0 Å². The Balaban J connectivity index is 1.54. The second-order valence-corrected chi connectivity index (χ2v) is 7.61. The molecular weight excluding hydrogens is 467 g/mol. The predicted molar refractivity (Wildman–Crippen MR) is 133 cm³/mol. The zero-order valence-corrected chi connectivity index (χ0v) is 19.7. The van der Waals surface area contributed by atoms with Crippen molar-refractivity contribution in [1.29, 1.82) is 0 Å². The van der Waals surface area contributed by atoms with E-state index in [1.165, 1.54) is 43.4 Å². The summed E-state index contributed by atoms with van der Waals surface area (Å²) in [5, 5.41) is 3.30. The van der Waals surface area contributed by atoms with E-state index in [2.05, 4.69) is 15.8 Å². The van der Waals surface area contributed by atoms with E-state index in [9.17, 15) is 14.0 Å². The molecule has 1 heterocycles. The van der Waals surface area contributed by atoms with E-state index in [1.54, 1.807) is 55.7 Å². The average molecular weight is 490 g/mol. The molecule has 4 aromatic rings. The van der Waals surface area contributed by atoms with Crippen LogP contribution in [0, 0.1) is 5.82 Å². The van der Waals surface area contributed by atoms with Crippen LogP contribution in [0.2, 0.25) is 0 Å². The summed E-state index contributed by atoms with van der Waals surface area (Å²) < 4.78 is 24.5. The van der Waals surface area contributed by atoms with Gasteiger partial charge in [0.05, 0.1) is 25.3 Å². The summed E-state index contributed by atoms with van der Waals surface area (Å²) in [6.45, 7) is 0. The normalized spacial score (nSPS) is 10.6. The molecule has 0 saturated heterocycles. The number of amides is 3. The lowest BCUT2D eigenvalue weighted by Gasteiger charge is -2.18. The van der Waals surface area contributed by atoms with Crippen LogP contribution in [0.3, 0.4) is 0 Å². The van der Waals surface area contributed by atoms with Crippen molar-refractivity contribution >= 4 is 34.2 Å². The number of carbonyl (C=O) groups excluding carboxylic acids is 2. The molecule has 3 aromatic carbocycles. The van der Waals surface area contributed by atoms with Crippen molar-refractivity contribution in [2.75, 3.05) is 31.5 Å². The van der Waals surface area contributed by atoms with E-state index >= 15 is 0 Å². The number of nitrogens with one attached hydrogen (secondary N) is 2. The van der Waals surface area contributed by atoms with Crippen LogP contribution in [-0.2, 0) is 4.84 Å². The molecule has 0 saturated carbocycles. The van der Waals surface area contributed by atoms with Crippen molar-refractivity contribution in [1.82, 2.24) is 10.5 Å². The van der Waals surface area contributed by atoms with Gasteiger partial charge in [-0.2, -0.15) is 0 Å². The summed E-state index contributed by atoms with van der Waals surface area (Å²) >= 11 is 0. The molecule has 2 N–H and O–H groups in total. The molecule has 0 aliphatic carbocycles. The van der Waals surface area contributed by atoms with Crippen LogP contribution < -0.4 is 25.2 Å². The first-order chi connectivity index (χ1) is 17.4. The number of methoxy groups -OCH3 is 1. The lowest BCUT2D eigenvalue weighted by molar-refractivity contribution is 0.0535. The van der Waals surface area contributed by atoms with Gasteiger partial charge in [0.25, 0.3) is 5.91 Å². The molecule has 1 aromatic heterocycles. The number of carbonyl (C=O) groups is 2. The Bertz CT molecular complexity index is 1390. The van der Waals surface area contributed by atoms with Crippen molar-refractivity contribution in [3.8, 4) is 17.2 Å². The van der Waals surface area contributed by atoms with E-state index < -0.39 is 5.91 Å². The van der Waals surface area contributed by atoms with Crippen LogP contribution in [0.15, 0.2) is 72.9 Å². The zero-order chi connectivity index (χ0) is 25.7. The van der Waals surface area contributed by atoms with Gasteiger partial charge in [0.1, 0.15) is 23.1 Å². The van der Waals surface area contributed by atoms with E-state index in [0.29, 0.717) is 39.5 Å². The number of aromatic nitrogens is 1. The Hall–Kier alpha value is -4.70. The van der Waals surface area contributed by atoms with Crippen molar-refractivity contribution < 1.29 is 28.3 Å². The Morgan fingerprint density at radius 2 is 1.67 bits per heavy atom. The molecule has 4 rings (SSSR count). The van der Waals surface area contributed by atoms with Crippen LogP contribution in [0.5, 0.6) is 17.2 Å². The summed E-state index contributed by atoms with van der Waals surface area (Å²) in [6.07, 6.45) is 1.59. The molecule has 10 heteroatoms. The third kappa shape index (κ3) is 5.34. The third-order valence-corrected chi connectivity index (χ3v) is 5.31. The highest BCUT2D eigenvalue weighted by molar-refractivity contribution is 6.02. The van der Waals surface area contributed by atoms with Crippen LogP contribution >= 0.6 is 0 Å². The maximum absolute atomic E-state index is 13.1. The Labute approximate surface area is 206 Å². The fourth-order valence-electron chi connectivity index (χ4n) is 3.45. The van der Waals surface area contributed by atoms with Crippen molar-refractivity contribution in [2.24, 2.45) is 0 Å². The third-order valence-electron chi connectivity index (χ3n) is 5.31. The second-order valence-electron chi connectivity index (χ2n) is 7.61. The van der Waals surface area contributed by atoms with E-state index in [1.807, 2.05) is 0 Å². The summed E-state index contributed by atoms with van der Waals surface area (Å²) in [5.74, 6) is 0.472. The number of pyridine rings is 1. The molecule has 3 amide bonds. The highest BCUT2D eigenvalue weighted by Gasteiger charge is 2.17. The smallest absolute Gasteiger partial charge is 0.326 e. The summed E-state index contributed by atoms with van der Waals surface area (Å²) in [5.41, 5.74) is 4.21. The van der Waals surface area contributed by atoms with E-state index in [0.717, 1.165) is 0 Å². The number of fused-ring (bicyclic) bond motifs is 1. The highest BCUT2D eigenvalue weighted by atomic mass is 19.1. The number of rotatable bonds is 7. The fourth-order valence-corrected chi connectivity index (χ4v) is 3.45. The number of benzene rings is 3. The molecule has 0 radical (unpaired) electrons. The number of hydrogen-bond donors (Lipinski definition) is 2. The molecule has 36 heavy (non-hydrogen) atoms. The largest absolute Gasteiger partial charge is 0.496 e. The van der Waals surface area contributed by atoms with Gasteiger partial charge in [-0.3, -0.25) is 19.5 Å². The Kier molecular flexibility index (Phi) is 7.26. The first kappa shape index (κ1) is 24.4. The van der Waals surface area contributed by atoms with Crippen LogP contribution in [0.25, 0.3) is 10.9 Å². The molecule has 0 bridgehead atoms. The first-order valence-corrected chi connectivity index (χ1v) is 10.8.